The molecule has 0 saturated heterocycles. The molecule has 7 nitrogen and oxygen atoms in total. The van der Waals surface area contributed by atoms with Crippen molar-refractivity contribution in [2.45, 2.75) is 86.3 Å². The summed E-state index contributed by atoms with van der Waals surface area (Å²) in [7, 11) is -1.61. The monoisotopic (exact) mass is 450 g/mol. The van der Waals surface area contributed by atoms with Gasteiger partial charge in [0.2, 0.25) is 10.0 Å². The van der Waals surface area contributed by atoms with E-state index in [9.17, 15) is 13.2 Å². The highest BCUT2D eigenvalue weighted by Crippen LogP contribution is 2.23. The van der Waals surface area contributed by atoms with Gasteiger partial charge in [-0.15, -0.1) is 0 Å². The van der Waals surface area contributed by atoms with E-state index in [1.54, 1.807) is 20.8 Å². The molecule has 0 amide bonds. The predicted molar refractivity (Wildman–Crippen MR) is 123 cm³/mol. The van der Waals surface area contributed by atoms with Crippen LogP contribution in [0.2, 0.25) is 0 Å². The summed E-state index contributed by atoms with van der Waals surface area (Å²) in [6.45, 7) is 18.8. The third-order valence-corrected chi connectivity index (χ3v) is 6.58. The lowest BCUT2D eigenvalue weighted by atomic mass is 9.88. The van der Waals surface area contributed by atoms with Crippen molar-refractivity contribution in [2.24, 2.45) is 10.8 Å². The highest BCUT2D eigenvalue weighted by Gasteiger charge is 2.30. The molecule has 180 valence electrons. The number of nitrogens with one attached hydrogen (secondary N) is 2. The average Bonchev–Trinajstić information content (AvgIpc) is 2.50. The van der Waals surface area contributed by atoms with Gasteiger partial charge < -0.3 is 19.6 Å². The molecule has 8 heteroatoms. The number of carbonyl (C=O) groups excluding carboxylic acids is 1. The van der Waals surface area contributed by atoms with Gasteiger partial charge in [0.15, 0.2) is 0 Å². The third kappa shape index (κ3) is 14.5. The Labute approximate surface area is 185 Å². The standard InChI is InChI=1S/C22H46N2O5S/c1-18(25)13-19(2,3)15-28-16-20(4,5)14-24-30(26,27)17-22(8,9)29-12-11-21(6,7)23-10/h23-24H,11-17H2,1-10H3. The van der Waals surface area contributed by atoms with Crippen LogP contribution in [0.25, 0.3) is 0 Å². The number of hydrogen-bond donors (Lipinski definition) is 2. The zero-order valence-electron chi connectivity index (χ0n) is 20.9. The van der Waals surface area contributed by atoms with Gasteiger partial charge in [0.1, 0.15) is 5.78 Å². The molecule has 0 aliphatic carbocycles. The zero-order valence-corrected chi connectivity index (χ0v) is 21.7. The molecule has 0 aromatic heterocycles. The van der Waals surface area contributed by atoms with Crippen LogP contribution < -0.4 is 10.0 Å². The minimum atomic E-state index is -3.50. The second-order valence-corrected chi connectivity index (χ2v) is 13.1. The predicted octanol–water partition coefficient (Wildman–Crippen LogP) is 3.14. The van der Waals surface area contributed by atoms with Crippen LogP contribution in [0, 0.1) is 10.8 Å². The van der Waals surface area contributed by atoms with Crippen LogP contribution in [0.5, 0.6) is 0 Å². The van der Waals surface area contributed by atoms with Gasteiger partial charge in [-0.25, -0.2) is 13.1 Å². The van der Waals surface area contributed by atoms with Crippen LogP contribution in [-0.4, -0.2) is 64.5 Å². The van der Waals surface area contributed by atoms with Gasteiger partial charge in [-0.1, -0.05) is 27.7 Å². The van der Waals surface area contributed by atoms with Gasteiger partial charge in [-0.05, 0) is 53.5 Å². The Balaban J connectivity index is 4.54. The third-order valence-electron chi connectivity index (χ3n) is 4.92. The SMILES string of the molecule is CNC(C)(C)CCOC(C)(C)CS(=O)(=O)NCC(C)(C)COCC(C)(C)CC(C)=O. The molecule has 0 spiro atoms. The van der Waals surface area contributed by atoms with Crippen LogP contribution >= 0.6 is 0 Å². The Morgan fingerprint density at radius 3 is 1.97 bits per heavy atom. The zero-order chi connectivity index (χ0) is 23.9. The fraction of sp³-hybridized carbons (Fsp3) is 0.955. The van der Waals surface area contributed by atoms with Crippen molar-refractivity contribution in [2.75, 3.05) is 39.2 Å². The van der Waals surface area contributed by atoms with Crippen molar-refractivity contribution in [3.05, 3.63) is 0 Å². The van der Waals surface area contributed by atoms with Crippen molar-refractivity contribution < 1.29 is 22.7 Å². The smallest absolute Gasteiger partial charge is 0.214 e. The Morgan fingerprint density at radius 2 is 1.47 bits per heavy atom. The molecule has 0 saturated carbocycles. The van der Waals surface area contributed by atoms with E-state index in [4.69, 9.17) is 9.47 Å². The summed E-state index contributed by atoms with van der Waals surface area (Å²) in [6, 6.07) is 0. The Kier molecular flexibility index (Phi) is 11.2. The lowest BCUT2D eigenvalue weighted by molar-refractivity contribution is -0.120. The van der Waals surface area contributed by atoms with Crippen molar-refractivity contribution in [3.63, 3.8) is 0 Å². The quantitative estimate of drug-likeness (QED) is 0.375. The van der Waals surface area contributed by atoms with E-state index < -0.39 is 15.6 Å². The van der Waals surface area contributed by atoms with Crippen LogP contribution in [0.1, 0.15) is 75.2 Å². The summed E-state index contributed by atoms with van der Waals surface area (Å²) in [5.41, 5.74) is -1.45. The molecule has 0 aromatic rings. The number of ketones is 1. The number of hydrogen-bond acceptors (Lipinski definition) is 6. The summed E-state index contributed by atoms with van der Waals surface area (Å²) in [6.07, 6.45) is 1.24. The molecule has 0 atom stereocenters. The van der Waals surface area contributed by atoms with Gasteiger partial charge in [0.25, 0.3) is 0 Å². The summed E-state index contributed by atoms with van der Waals surface area (Å²) in [5, 5.41) is 3.21. The first-order valence-corrected chi connectivity index (χ1v) is 12.3. The lowest BCUT2D eigenvalue weighted by Gasteiger charge is -2.31. The maximum atomic E-state index is 12.6. The van der Waals surface area contributed by atoms with Crippen LogP contribution in [-0.2, 0) is 24.3 Å². The normalized spacial score (nSPS) is 14.2. The first-order valence-electron chi connectivity index (χ1n) is 10.7. The lowest BCUT2D eigenvalue weighted by Crippen LogP contribution is -2.44. The molecule has 0 aliphatic heterocycles. The van der Waals surface area contributed by atoms with E-state index >= 15 is 0 Å². The fourth-order valence-electron chi connectivity index (χ4n) is 2.94. The maximum Gasteiger partial charge on any atom is 0.214 e. The highest BCUT2D eigenvalue weighted by molar-refractivity contribution is 7.89. The number of carbonyl (C=O) groups is 1. The molecule has 0 heterocycles. The number of Topliss-reactive ketones (excluding diaryl/α,β-unsaturated/α-hetero) is 1. The second kappa shape index (κ2) is 11.4. The van der Waals surface area contributed by atoms with Gasteiger partial charge in [0.05, 0.1) is 24.6 Å². The molecular formula is C22H46N2O5S. The maximum absolute atomic E-state index is 12.6. The molecule has 0 aliphatic rings. The number of sulfonamides is 1. The van der Waals surface area contributed by atoms with E-state index in [0.29, 0.717) is 26.2 Å². The summed E-state index contributed by atoms with van der Waals surface area (Å²) in [4.78, 5) is 11.3. The van der Waals surface area contributed by atoms with Crippen molar-refractivity contribution in [1.82, 2.24) is 10.0 Å². The second-order valence-electron chi connectivity index (χ2n) is 11.3. The Hall–Kier alpha value is -0.540. The average molecular weight is 451 g/mol. The van der Waals surface area contributed by atoms with Gasteiger partial charge in [-0.2, -0.15) is 0 Å². The first-order chi connectivity index (χ1) is 13.3. The van der Waals surface area contributed by atoms with Crippen molar-refractivity contribution in [1.29, 1.82) is 0 Å². The fourth-order valence-corrected chi connectivity index (χ4v) is 4.65. The van der Waals surface area contributed by atoms with Gasteiger partial charge >= 0.3 is 0 Å². The van der Waals surface area contributed by atoms with Gasteiger partial charge in [0, 0.05) is 30.5 Å². The topological polar surface area (TPSA) is 93.7 Å². The minimum absolute atomic E-state index is 0.0593. The molecule has 0 bridgehead atoms. The molecule has 0 aromatic carbocycles. The Morgan fingerprint density at radius 1 is 0.933 bits per heavy atom. The molecule has 2 N–H and O–H groups in total. The van der Waals surface area contributed by atoms with Crippen molar-refractivity contribution >= 4 is 15.8 Å². The van der Waals surface area contributed by atoms with E-state index in [1.807, 2.05) is 34.7 Å². The van der Waals surface area contributed by atoms with E-state index in [-0.39, 0.29) is 34.4 Å². The molecular weight excluding hydrogens is 404 g/mol. The van der Waals surface area contributed by atoms with Gasteiger partial charge in [-0.3, -0.25) is 0 Å². The summed E-state index contributed by atoms with van der Waals surface area (Å²) >= 11 is 0. The minimum Gasteiger partial charge on any atom is -0.380 e. The first kappa shape index (κ1) is 29.5. The number of rotatable bonds is 16. The Bertz CT molecular complexity index is 640. The largest absolute Gasteiger partial charge is 0.380 e. The highest BCUT2D eigenvalue weighted by atomic mass is 32.2. The van der Waals surface area contributed by atoms with E-state index in [0.717, 1.165) is 6.42 Å². The van der Waals surface area contributed by atoms with Crippen LogP contribution in [0.4, 0.5) is 0 Å². The van der Waals surface area contributed by atoms with Crippen molar-refractivity contribution in [3.8, 4) is 0 Å². The molecule has 30 heavy (non-hydrogen) atoms. The van der Waals surface area contributed by atoms with Crippen LogP contribution in [0.3, 0.4) is 0 Å². The van der Waals surface area contributed by atoms with E-state index in [2.05, 4.69) is 23.9 Å². The molecule has 0 unspecified atom stereocenters. The molecule has 0 fully saturated rings. The summed E-state index contributed by atoms with van der Waals surface area (Å²) < 4.78 is 39.5. The van der Waals surface area contributed by atoms with Crippen LogP contribution in [0.15, 0.2) is 0 Å². The number of ether oxygens (including phenoxy) is 2. The summed E-state index contributed by atoms with van der Waals surface area (Å²) in [5.74, 6) is 0.0257. The molecule has 0 radical (unpaired) electrons. The van der Waals surface area contributed by atoms with E-state index in [1.165, 1.54) is 0 Å². The molecule has 0 rings (SSSR count).